The fourth-order valence-corrected chi connectivity index (χ4v) is 1.77. The van der Waals surface area contributed by atoms with E-state index in [4.69, 9.17) is 4.74 Å². The Bertz CT molecular complexity index is 404. The van der Waals surface area contributed by atoms with Crippen LogP contribution in [0, 0.1) is 0 Å². The van der Waals surface area contributed by atoms with Gasteiger partial charge in [0, 0.05) is 13.1 Å². The molecule has 1 atom stereocenters. The number of methoxy groups -OCH3 is 1. The summed E-state index contributed by atoms with van der Waals surface area (Å²) < 4.78 is 5.09. The largest absolute Gasteiger partial charge is 0.497 e. The number of benzene rings is 1. The Balaban J connectivity index is 2.83. The second-order valence-corrected chi connectivity index (χ2v) is 4.69. The highest BCUT2D eigenvalue weighted by molar-refractivity contribution is 5.74. The number of likely N-dealkylation sites (N-methyl/N-ethyl adjacent to an activating group) is 1. The summed E-state index contributed by atoms with van der Waals surface area (Å²) in [7, 11) is 3.27. The van der Waals surface area contributed by atoms with E-state index in [1.165, 1.54) is 4.90 Å². The van der Waals surface area contributed by atoms with Crippen molar-refractivity contribution in [3.8, 4) is 5.75 Å². The minimum atomic E-state index is -0.371. The number of hydrogen-bond donors (Lipinski definition) is 2. The maximum atomic E-state index is 11.9. The average molecular weight is 266 g/mol. The van der Waals surface area contributed by atoms with E-state index in [0.717, 1.165) is 11.3 Å². The Morgan fingerprint density at radius 2 is 1.95 bits per heavy atom. The van der Waals surface area contributed by atoms with Crippen LogP contribution in [0.4, 0.5) is 4.79 Å². The van der Waals surface area contributed by atoms with E-state index in [0.29, 0.717) is 0 Å². The van der Waals surface area contributed by atoms with Crippen molar-refractivity contribution in [3.63, 3.8) is 0 Å². The Hall–Kier alpha value is -1.75. The maximum absolute atomic E-state index is 11.9. The average Bonchev–Trinajstić information content (AvgIpc) is 2.39. The van der Waals surface area contributed by atoms with Gasteiger partial charge >= 0.3 is 6.03 Å². The van der Waals surface area contributed by atoms with Crippen LogP contribution in [-0.4, -0.2) is 42.8 Å². The van der Waals surface area contributed by atoms with Crippen LogP contribution >= 0.6 is 0 Å². The van der Waals surface area contributed by atoms with Gasteiger partial charge in [-0.05, 0) is 31.5 Å². The fraction of sp³-hybridized carbons (Fsp3) is 0.500. The molecular weight excluding hydrogens is 244 g/mol. The molecular formula is C14H22N2O3. The van der Waals surface area contributed by atoms with Gasteiger partial charge in [0.2, 0.25) is 0 Å². The van der Waals surface area contributed by atoms with Gasteiger partial charge in [-0.2, -0.15) is 0 Å². The number of aliphatic hydroxyl groups is 1. The van der Waals surface area contributed by atoms with Crippen molar-refractivity contribution in [2.75, 3.05) is 20.8 Å². The van der Waals surface area contributed by atoms with Crippen LogP contribution in [0.2, 0.25) is 0 Å². The molecule has 1 aromatic rings. The third kappa shape index (κ3) is 4.13. The zero-order chi connectivity index (χ0) is 14.4. The molecule has 2 amide bonds. The first-order chi connectivity index (χ1) is 8.99. The van der Waals surface area contributed by atoms with Crippen molar-refractivity contribution in [1.29, 1.82) is 0 Å². The van der Waals surface area contributed by atoms with E-state index in [1.807, 2.05) is 38.1 Å². The van der Waals surface area contributed by atoms with E-state index >= 15 is 0 Å². The Kier molecular flexibility index (Phi) is 5.63. The predicted octanol–water partition coefficient (Wildman–Crippen LogP) is 1.78. The SMILES string of the molecule is COc1ccc(C(CO)N(C)C(=O)NC(C)C)cc1. The number of aliphatic hydroxyl groups excluding tert-OH is 1. The van der Waals surface area contributed by atoms with E-state index in [2.05, 4.69) is 5.32 Å². The van der Waals surface area contributed by atoms with E-state index in [1.54, 1.807) is 14.2 Å². The summed E-state index contributed by atoms with van der Waals surface area (Å²) in [6, 6.07) is 6.80. The van der Waals surface area contributed by atoms with Crippen LogP contribution in [0.3, 0.4) is 0 Å². The van der Waals surface area contributed by atoms with Gasteiger partial charge in [0.15, 0.2) is 0 Å². The number of ether oxygens (including phenoxy) is 1. The number of carbonyl (C=O) groups is 1. The van der Waals surface area contributed by atoms with Crippen molar-refractivity contribution in [2.45, 2.75) is 25.9 Å². The predicted molar refractivity (Wildman–Crippen MR) is 74.3 cm³/mol. The lowest BCUT2D eigenvalue weighted by Crippen LogP contribution is -2.43. The van der Waals surface area contributed by atoms with Gasteiger partial charge in [-0.15, -0.1) is 0 Å². The molecule has 0 aliphatic carbocycles. The fourth-order valence-electron chi connectivity index (χ4n) is 1.77. The van der Waals surface area contributed by atoms with Gasteiger partial charge in [0.25, 0.3) is 0 Å². The van der Waals surface area contributed by atoms with Crippen molar-refractivity contribution in [1.82, 2.24) is 10.2 Å². The van der Waals surface area contributed by atoms with Gasteiger partial charge in [-0.3, -0.25) is 0 Å². The number of nitrogens with one attached hydrogen (secondary N) is 1. The summed E-state index contributed by atoms with van der Waals surface area (Å²) in [5.41, 5.74) is 0.865. The molecule has 0 fully saturated rings. The van der Waals surface area contributed by atoms with Crippen molar-refractivity contribution < 1.29 is 14.6 Å². The molecule has 0 saturated carbocycles. The molecule has 5 heteroatoms. The summed E-state index contributed by atoms with van der Waals surface area (Å²) >= 11 is 0. The van der Waals surface area contributed by atoms with Crippen LogP contribution in [-0.2, 0) is 0 Å². The number of carbonyl (C=O) groups excluding carboxylic acids is 1. The highest BCUT2D eigenvalue weighted by Crippen LogP contribution is 2.21. The zero-order valence-corrected chi connectivity index (χ0v) is 11.9. The lowest BCUT2D eigenvalue weighted by molar-refractivity contribution is 0.148. The van der Waals surface area contributed by atoms with Gasteiger partial charge in [0.1, 0.15) is 5.75 Å². The summed E-state index contributed by atoms with van der Waals surface area (Å²) in [5.74, 6) is 0.745. The minimum Gasteiger partial charge on any atom is -0.497 e. The van der Waals surface area contributed by atoms with Crippen molar-refractivity contribution in [3.05, 3.63) is 29.8 Å². The Morgan fingerprint density at radius 3 is 2.37 bits per heavy atom. The highest BCUT2D eigenvalue weighted by atomic mass is 16.5. The first-order valence-corrected chi connectivity index (χ1v) is 6.27. The molecule has 1 unspecified atom stereocenters. The number of urea groups is 1. The van der Waals surface area contributed by atoms with Gasteiger partial charge < -0.3 is 20.1 Å². The number of amides is 2. The van der Waals surface area contributed by atoms with Crippen LogP contribution in [0.5, 0.6) is 5.75 Å². The molecule has 106 valence electrons. The Labute approximate surface area is 114 Å². The zero-order valence-electron chi connectivity index (χ0n) is 11.9. The van der Waals surface area contributed by atoms with Crippen LogP contribution in [0.1, 0.15) is 25.5 Å². The first kappa shape index (κ1) is 15.3. The van der Waals surface area contributed by atoms with Crippen molar-refractivity contribution >= 4 is 6.03 Å². The molecule has 0 aliphatic heterocycles. The molecule has 19 heavy (non-hydrogen) atoms. The quantitative estimate of drug-likeness (QED) is 0.854. The standard InChI is InChI=1S/C14H22N2O3/c1-10(2)15-14(18)16(3)13(9-17)11-5-7-12(19-4)8-6-11/h5-8,10,13,17H,9H2,1-4H3,(H,15,18). The number of rotatable bonds is 5. The molecule has 0 spiro atoms. The smallest absolute Gasteiger partial charge is 0.317 e. The molecule has 0 saturated heterocycles. The normalized spacial score (nSPS) is 12.1. The second-order valence-electron chi connectivity index (χ2n) is 4.69. The molecule has 0 aromatic heterocycles. The van der Waals surface area contributed by atoms with Crippen LogP contribution in [0.25, 0.3) is 0 Å². The first-order valence-electron chi connectivity index (χ1n) is 6.27. The second kappa shape index (κ2) is 6.99. The van der Waals surface area contributed by atoms with E-state index in [9.17, 15) is 9.90 Å². The van der Waals surface area contributed by atoms with E-state index < -0.39 is 0 Å². The number of hydrogen-bond acceptors (Lipinski definition) is 3. The lowest BCUT2D eigenvalue weighted by Gasteiger charge is -2.28. The third-order valence-corrected chi connectivity index (χ3v) is 2.87. The minimum absolute atomic E-state index is 0.0603. The summed E-state index contributed by atoms with van der Waals surface area (Å²) in [6.45, 7) is 3.66. The monoisotopic (exact) mass is 266 g/mol. The summed E-state index contributed by atoms with van der Waals surface area (Å²) in [5, 5.41) is 12.3. The third-order valence-electron chi connectivity index (χ3n) is 2.87. The molecule has 0 aliphatic rings. The summed E-state index contributed by atoms with van der Waals surface area (Å²) in [4.78, 5) is 13.4. The molecule has 2 N–H and O–H groups in total. The topological polar surface area (TPSA) is 61.8 Å². The molecule has 5 nitrogen and oxygen atoms in total. The Morgan fingerprint density at radius 1 is 1.37 bits per heavy atom. The van der Waals surface area contributed by atoms with Gasteiger partial charge in [0.05, 0.1) is 19.8 Å². The number of nitrogens with zero attached hydrogens (tertiary/aromatic N) is 1. The molecule has 0 radical (unpaired) electrons. The molecule has 0 bridgehead atoms. The van der Waals surface area contributed by atoms with Crippen molar-refractivity contribution in [2.24, 2.45) is 0 Å². The van der Waals surface area contributed by atoms with Crippen LogP contribution < -0.4 is 10.1 Å². The van der Waals surface area contributed by atoms with Gasteiger partial charge in [-0.25, -0.2) is 4.79 Å². The lowest BCUT2D eigenvalue weighted by atomic mass is 10.1. The van der Waals surface area contributed by atoms with E-state index in [-0.39, 0.29) is 24.7 Å². The van der Waals surface area contributed by atoms with Gasteiger partial charge in [-0.1, -0.05) is 12.1 Å². The maximum Gasteiger partial charge on any atom is 0.317 e. The molecule has 1 aromatic carbocycles. The molecule has 0 heterocycles. The molecule has 1 rings (SSSR count). The summed E-state index contributed by atoms with van der Waals surface area (Å²) in [6.07, 6.45) is 0. The highest BCUT2D eigenvalue weighted by Gasteiger charge is 2.21. The van der Waals surface area contributed by atoms with Crippen LogP contribution in [0.15, 0.2) is 24.3 Å².